The minimum atomic E-state index is -0.0441. The van der Waals surface area contributed by atoms with Crippen molar-refractivity contribution >= 4 is 34.5 Å². The summed E-state index contributed by atoms with van der Waals surface area (Å²) in [5.41, 5.74) is 6.49. The zero-order valence-electron chi connectivity index (χ0n) is 16.7. The molecule has 0 N–H and O–H groups in total. The van der Waals surface area contributed by atoms with Crippen molar-refractivity contribution in [2.75, 3.05) is 4.90 Å². The third-order valence-corrected chi connectivity index (χ3v) is 5.30. The quantitative estimate of drug-likeness (QED) is 0.435. The predicted octanol–water partition coefficient (Wildman–Crippen LogP) is 7.12. The van der Waals surface area contributed by atoms with Gasteiger partial charge >= 0.3 is 0 Å². The van der Waals surface area contributed by atoms with Crippen LogP contribution in [0.2, 0.25) is 5.02 Å². The Morgan fingerprint density at radius 1 is 0.821 bits per heavy atom. The van der Waals surface area contributed by atoms with E-state index in [9.17, 15) is 4.79 Å². The standard InChI is InChI=1S/C25H24ClNO/c1-17-14-15-21(26)16-23(17)19(3)20(4)25(28)27(22-11-6-5-7-12-22)24-13-9-8-10-18(24)2/h5-16H,1-4H3/b20-19+. The highest BCUT2D eigenvalue weighted by Gasteiger charge is 2.22. The van der Waals surface area contributed by atoms with Crippen molar-refractivity contribution < 1.29 is 4.79 Å². The fraction of sp³-hybridized carbons (Fsp3) is 0.160. The molecule has 2 nitrogen and oxygen atoms in total. The first-order valence-electron chi connectivity index (χ1n) is 9.29. The smallest absolute Gasteiger partial charge is 0.258 e. The number of amides is 1. The minimum Gasteiger partial charge on any atom is -0.277 e. The number of benzene rings is 3. The first-order valence-corrected chi connectivity index (χ1v) is 9.67. The molecule has 0 aromatic heterocycles. The molecule has 0 atom stereocenters. The third-order valence-electron chi connectivity index (χ3n) is 5.06. The molecule has 3 heteroatoms. The summed E-state index contributed by atoms with van der Waals surface area (Å²) < 4.78 is 0. The van der Waals surface area contributed by atoms with Crippen molar-refractivity contribution in [1.82, 2.24) is 0 Å². The van der Waals surface area contributed by atoms with Gasteiger partial charge in [-0.1, -0.05) is 54.1 Å². The summed E-state index contributed by atoms with van der Waals surface area (Å²) in [7, 11) is 0. The summed E-state index contributed by atoms with van der Waals surface area (Å²) in [5.74, 6) is -0.0441. The van der Waals surface area contributed by atoms with Gasteiger partial charge in [0.2, 0.25) is 0 Å². The van der Waals surface area contributed by atoms with Crippen LogP contribution in [0.15, 0.2) is 78.4 Å². The van der Waals surface area contributed by atoms with Crippen LogP contribution >= 0.6 is 11.6 Å². The highest BCUT2D eigenvalue weighted by molar-refractivity contribution is 6.30. The Morgan fingerprint density at radius 3 is 2.14 bits per heavy atom. The summed E-state index contributed by atoms with van der Waals surface area (Å²) in [6, 6.07) is 23.5. The van der Waals surface area contributed by atoms with E-state index in [0.29, 0.717) is 10.6 Å². The van der Waals surface area contributed by atoms with Crippen molar-refractivity contribution in [3.05, 3.63) is 100 Å². The van der Waals surface area contributed by atoms with Crippen LogP contribution in [-0.4, -0.2) is 5.91 Å². The topological polar surface area (TPSA) is 20.3 Å². The van der Waals surface area contributed by atoms with Gasteiger partial charge in [-0.3, -0.25) is 9.69 Å². The van der Waals surface area contributed by atoms with Gasteiger partial charge in [-0.05, 0) is 80.3 Å². The number of hydrogen-bond acceptors (Lipinski definition) is 1. The fourth-order valence-corrected chi connectivity index (χ4v) is 3.46. The molecular formula is C25H24ClNO. The summed E-state index contributed by atoms with van der Waals surface area (Å²) in [5, 5.41) is 0.666. The molecule has 0 bridgehead atoms. The van der Waals surface area contributed by atoms with Gasteiger partial charge in [-0.25, -0.2) is 0 Å². The molecule has 0 saturated heterocycles. The van der Waals surface area contributed by atoms with Crippen LogP contribution in [0.25, 0.3) is 5.57 Å². The maximum absolute atomic E-state index is 13.6. The van der Waals surface area contributed by atoms with Gasteiger partial charge in [-0.2, -0.15) is 0 Å². The van der Waals surface area contributed by atoms with Crippen LogP contribution in [0, 0.1) is 13.8 Å². The van der Waals surface area contributed by atoms with E-state index in [2.05, 4.69) is 0 Å². The van der Waals surface area contributed by atoms with Gasteiger partial charge in [0.15, 0.2) is 0 Å². The number of allylic oxidation sites excluding steroid dienone is 1. The van der Waals surface area contributed by atoms with Gasteiger partial charge in [-0.15, -0.1) is 0 Å². The average molecular weight is 390 g/mol. The van der Waals surface area contributed by atoms with Crippen LogP contribution in [0.4, 0.5) is 11.4 Å². The second kappa shape index (κ2) is 8.45. The molecule has 0 aliphatic carbocycles. The molecular weight excluding hydrogens is 366 g/mol. The number of para-hydroxylation sites is 2. The summed E-state index contributed by atoms with van der Waals surface area (Å²) in [4.78, 5) is 15.4. The summed E-state index contributed by atoms with van der Waals surface area (Å²) >= 11 is 6.20. The van der Waals surface area contributed by atoms with Crippen molar-refractivity contribution in [3.8, 4) is 0 Å². The first kappa shape index (κ1) is 19.9. The number of nitrogens with zero attached hydrogens (tertiary/aromatic N) is 1. The van der Waals surface area contributed by atoms with Gasteiger partial charge in [0.1, 0.15) is 0 Å². The molecule has 1 amide bonds. The molecule has 0 aliphatic heterocycles. The molecule has 3 aromatic carbocycles. The Bertz CT molecular complexity index is 1040. The normalized spacial score (nSPS) is 11.8. The molecule has 28 heavy (non-hydrogen) atoms. The van der Waals surface area contributed by atoms with Gasteiger partial charge in [0.25, 0.3) is 5.91 Å². The van der Waals surface area contributed by atoms with Crippen LogP contribution in [0.5, 0.6) is 0 Å². The van der Waals surface area contributed by atoms with Gasteiger partial charge in [0.05, 0.1) is 5.69 Å². The highest BCUT2D eigenvalue weighted by Crippen LogP contribution is 2.32. The zero-order valence-corrected chi connectivity index (χ0v) is 17.4. The number of hydrogen-bond donors (Lipinski definition) is 0. The Labute approximate surface area is 172 Å². The lowest BCUT2D eigenvalue weighted by molar-refractivity contribution is -0.114. The highest BCUT2D eigenvalue weighted by atomic mass is 35.5. The summed E-state index contributed by atoms with van der Waals surface area (Å²) in [6.07, 6.45) is 0. The first-order chi connectivity index (χ1) is 13.4. The number of carbonyl (C=O) groups is 1. The van der Waals surface area contributed by atoms with E-state index in [4.69, 9.17) is 11.6 Å². The largest absolute Gasteiger partial charge is 0.277 e. The van der Waals surface area contributed by atoms with E-state index in [0.717, 1.165) is 33.6 Å². The molecule has 3 aromatic rings. The van der Waals surface area contributed by atoms with E-state index in [1.807, 2.05) is 100 Å². The molecule has 142 valence electrons. The zero-order chi connectivity index (χ0) is 20.3. The predicted molar refractivity (Wildman–Crippen MR) is 119 cm³/mol. The van der Waals surface area contributed by atoms with Crippen LogP contribution in [-0.2, 0) is 4.79 Å². The van der Waals surface area contributed by atoms with E-state index in [1.54, 1.807) is 4.90 Å². The number of aryl methyl sites for hydroxylation is 2. The Hall–Kier alpha value is -2.84. The summed E-state index contributed by atoms with van der Waals surface area (Å²) in [6.45, 7) is 7.91. The monoisotopic (exact) mass is 389 g/mol. The maximum atomic E-state index is 13.6. The fourth-order valence-electron chi connectivity index (χ4n) is 3.29. The van der Waals surface area contributed by atoms with Crippen molar-refractivity contribution in [2.45, 2.75) is 27.7 Å². The lowest BCUT2D eigenvalue weighted by atomic mass is 9.97. The number of anilines is 2. The molecule has 0 heterocycles. The number of halogens is 1. The van der Waals surface area contributed by atoms with Crippen molar-refractivity contribution in [3.63, 3.8) is 0 Å². The Morgan fingerprint density at radius 2 is 1.46 bits per heavy atom. The Balaban J connectivity index is 2.14. The van der Waals surface area contributed by atoms with Crippen LogP contribution in [0.3, 0.4) is 0 Å². The number of rotatable bonds is 4. The Kier molecular flexibility index (Phi) is 6.01. The van der Waals surface area contributed by atoms with E-state index >= 15 is 0 Å². The second-order valence-corrected chi connectivity index (χ2v) is 7.41. The molecule has 0 saturated carbocycles. The van der Waals surface area contributed by atoms with Crippen molar-refractivity contribution in [1.29, 1.82) is 0 Å². The molecule has 0 fully saturated rings. The second-order valence-electron chi connectivity index (χ2n) is 6.97. The maximum Gasteiger partial charge on any atom is 0.258 e. The SMILES string of the molecule is C/C(C(=O)N(c1ccccc1)c1ccccc1C)=C(/C)c1cc(Cl)ccc1C. The van der Waals surface area contributed by atoms with E-state index in [-0.39, 0.29) is 5.91 Å². The van der Waals surface area contributed by atoms with E-state index in [1.165, 1.54) is 0 Å². The number of carbonyl (C=O) groups excluding carboxylic acids is 1. The third kappa shape index (κ3) is 4.02. The van der Waals surface area contributed by atoms with Crippen molar-refractivity contribution in [2.24, 2.45) is 0 Å². The lowest BCUT2D eigenvalue weighted by Gasteiger charge is -2.26. The minimum absolute atomic E-state index is 0.0441. The van der Waals surface area contributed by atoms with Crippen LogP contribution < -0.4 is 4.90 Å². The molecule has 3 rings (SSSR count). The van der Waals surface area contributed by atoms with Crippen LogP contribution in [0.1, 0.15) is 30.5 Å². The van der Waals surface area contributed by atoms with Gasteiger partial charge in [0, 0.05) is 16.3 Å². The van der Waals surface area contributed by atoms with Gasteiger partial charge < -0.3 is 0 Å². The lowest BCUT2D eigenvalue weighted by Crippen LogP contribution is -2.27. The molecule has 0 spiro atoms. The van der Waals surface area contributed by atoms with E-state index < -0.39 is 0 Å². The molecule has 0 aliphatic rings. The molecule has 0 unspecified atom stereocenters. The molecule has 0 radical (unpaired) electrons. The average Bonchev–Trinajstić information content (AvgIpc) is 2.71.